The Morgan fingerprint density at radius 1 is 0.793 bits per heavy atom. The maximum absolute atomic E-state index is 4.67. The van der Waals surface area contributed by atoms with Crippen molar-refractivity contribution in [3.8, 4) is 5.82 Å². The third kappa shape index (κ3) is 3.26. The predicted octanol–water partition coefficient (Wildman–Crippen LogP) is 1.35. The lowest BCUT2D eigenvalue weighted by molar-refractivity contribution is 0.633. The van der Waals surface area contributed by atoms with Crippen LogP contribution in [0.15, 0.2) is 30.6 Å². The van der Waals surface area contributed by atoms with Gasteiger partial charge in [0.25, 0.3) is 0 Å². The molecule has 10 nitrogen and oxygen atoms in total. The number of anilines is 2. The number of aromatic nitrogens is 8. The molecule has 0 saturated carbocycles. The minimum atomic E-state index is 0.743. The van der Waals surface area contributed by atoms with Crippen LogP contribution in [0.2, 0.25) is 0 Å². The van der Waals surface area contributed by atoms with Crippen LogP contribution >= 0.6 is 0 Å². The van der Waals surface area contributed by atoms with E-state index in [-0.39, 0.29) is 0 Å². The number of fused-ring (bicyclic) bond motifs is 1. The van der Waals surface area contributed by atoms with Crippen LogP contribution in [0.4, 0.5) is 11.6 Å². The first-order valence-electron chi connectivity index (χ1n) is 9.63. The van der Waals surface area contributed by atoms with Crippen molar-refractivity contribution in [1.82, 2.24) is 39.6 Å². The average Bonchev–Trinajstić information content (AvgIpc) is 3.32. The van der Waals surface area contributed by atoms with Gasteiger partial charge in [-0.2, -0.15) is 9.61 Å². The van der Waals surface area contributed by atoms with E-state index in [9.17, 15) is 0 Å². The molecule has 0 radical (unpaired) electrons. The first kappa shape index (κ1) is 17.5. The molecule has 1 fully saturated rings. The molecule has 1 aliphatic rings. The first-order chi connectivity index (χ1) is 14.1. The molecule has 0 aromatic carbocycles. The van der Waals surface area contributed by atoms with Gasteiger partial charge in [-0.3, -0.25) is 0 Å². The van der Waals surface area contributed by atoms with Gasteiger partial charge in [0, 0.05) is 37.9 Å². The molecule has 1 saturated heterocycles. The molecule has 148 valence electrons. The van der Waals surface area contributed by atoms with Crippen LogP contribution < -0.4 is 9.80 Å². The lowest BCUT2D eigenvalue weighted by Gasteiger charge is -2.36. The SMILES string of the molecule is Cc1cc(C)n(-c2cc(N3CCN(c4ccc5nncn5n4)CC3)nc(C)n2)n1. The summed E-state index contributed by atoms with van der Waals surface area (Å²) in [7, 11) is 0. The fourth-order valence-electron chi connectivity index (χ4n) is 3.72. The van der Waals surface area contributed by atoms with E-state index >= 15 is 0 Å². The normalized spacial score (nSPS) is 14.7. The summed E-state index contributed by atoms with van der Waals surface area (Å²) in [5.74, 6) is 3.41. The molecule has 0 aliphatic carbocycles. The Hall–Kier alpha value is -3.56. The second-order valence-electron chi connectivity index (χ2n) is 7.27. The summed E-state index contributed by atoms with van der Waals surface area (Å²) in [6.45, 7) is 9.38. The van der Waals surface area contributed by atoms with Gasteiger partial charge in [-0.15, -0.1) is 15.3 Å². The lowest BCUT2D eigenvalue weighted by atomic mass is 10.3. The van der Waals surface area contributed by atoms with Gasteiger partial charge in [-0.1, -0.05) is 0 Å². The van der Waals surface area contributed by atoms with E-state index in [1.165, 1.54) is 0 Å². The summed E-state index contributed by atoms with van der Waals surface area (Å²) in [5, 5.41) is 17.1. The van der Waals surface area contributed by atoms with E-state index in [1.54, 1.807) is 10.8 Å². The largest absolute Gasteiger partial charge is 0.353 e. The topological polar surface area (TPSA) is 93.2 Å². The monoisotopic (exact) mass is 390 g/mol. The second kappa shape index (κ2) is 6.80. The van der Waals surface area contributed by atoms with Crippen LogP contribution in [0.3, 0.4) is 0 Å². The third-order valence-corrected chi connectivity index (χ3v) is 5.11. The first-order valence-corrected chi connectivity index (χ1v) is 9.63. The predicted molar refractivity (Wildman–Crippen MR) is 109 cm³/mol. The number of rotatable bonds is 3. The zero-order valence-electron chi connectivity index (χ0n) is 16.7. The van der Waals surface area contributed by atoms with Crippen LogP contribution in [0.1, 0.15) is 17.2 Å². The lowest BCUT2D eigenvalue weighted by Crippen LogP contribution is -2.47. The summed E-state index contributed by atoms with van der Waals surface area (Å²) in [6, 6.07) is 8.00. The minimum absolute atomic E-state index is 0.743. The van der Waals surface area contributed by atoms with Gasteiger partial charge in [-0.25, -0.2) is 14.6 Å². The molecule has 10 heteroatoms. The van der Waals surface area contributed by atoms with E-state index in [0.29, 0.717) is 0 Å². The van der Waals surface area contributed by atoms with Crippen molar-refractivity contribution in [1.29, 1.82) is 0 Å². The fourth-order valence-corrected chi connectivity index (χ4v) is 3.72. The zero-order chi connectivity index (χ0) is 20.0. The molecule has 0 unspecified atom stereocenters. The van der Waals surface area contributed by atoms with Crippen molar-refractivity contribution in [2.75, 3.05) is 36.0 Å². The molecule has 1 aliphatic heterocycles. The Morgan fingerprint density at radius 2 is 1.52 bits per heavy atom. The molecular weight excluding hydrogens is 368 g/mol. The van der Waals surface area contributed by atoms with E-state index in [4.69, 9.17) is 0 Å². The molecule has 5 rings (SSSR count). The summed E-state index contributed by atoms with van der Waals surface area (Å²) in [5.41, 5.74) is 2.79. The van der Waals surface area contributed by atoms with E-state index in [1.807, 2.05) is 43.7 Å². The van der Waals surface area contributed by atoms with Gasteiger partial charge >= 0.3 is 0 Å². The van der Waals surface area contributed by atoms with Crippen LogP contribution in [0.5, 0.6) is 0 Å². The van der Waals surface area contributed by atoms with Crippen LogP contribution in [0.25, 0.3) is 11.5 Å². The molecule has 0 N–H and O–H groups in total. The Kier molecular flexibility index (Phi) is 4.11. The van der Waals surface area contributed by atoms with Crippen LogP contribution in [-0.4, -0.2) is 65.7 Å². The number of aryl methyl sites for hydroxylation is 3. The van der Waals surface area contributed by atoms with Crippen LogP contribution in [-0.2, 0) is 0 Å². The van der Waals surface area contributed by atoms with Gasteiger partial charge in [0.05, 0.1) is 5.69 Å². The molecule has 4 aromatic heterocycles. The molecule has 5 heterocycles. The quantitative estimate of drug-likeness (QED) is 0.518. The highest BCUT2D eigenvalue weighted by Crippen LogP contribution is 2.20. The Labute approximate surface area is 167 Å². The molecule has 29 heavy (non-hydrogen) atoms. The maximum Gasteiger partial charge on any atom is 0.177 e. The van der Waals surface area contributed by atoms with Crippen molar-refractivity contribution in [3.63, 3.8) is 0 Å². The van der Waals surface area contributed by atoms with E-state index < -0.39 is 0 Å². The van der Waals surface area contributed by atoms with Crippen molar-refractivity contribution >= 4 is 17.3 Å². The molecule has 0 spiro atoms. The molecule has 0 atom stereocenters. The van der Waals surface area contributed by atoms with Crippen molar-refractivity contribution < 1.29 is 0 Å². The summed E-state index contributed by atoms with van der Waals surface area (Å²) < 4.78 is 3.58. The van der Waals surface area contributed by atoms with Gasteiger partial charge in [0.2, 0.25) is 0 Å². The zero-order valence-corrected chi connectivity index (χ0v) is 16.7. The second-order valence-corrected chi connectivity index (χ2v) is 7.27. The summed E-state index contributed by atoms with van der Waals surface area (Å²) >= 11 is 0. The van der Waals surface area contributed by atoms with E-state index in [0.717, 1.165) is 66.5 Å². The molecule has 0 amide bonds. The number of hydrogen-bond acceptors (Lipinski definition) is 8. The Morgan fingerprint density at radius 3 is 2.24 bits per heavy atom. The standard InChI is InChI=1S/C19H22N10/c1-13-10-14(2)29(24-13)19-11-18(21-15(3)22-19)27-8-6-26(7-9-27)17-5-4-16-23-20-12-28(16)25-17/h4-5,10-12H,6-9H2,1-3H3. The van der Waals surface area contributed by atoms with Crippen molar-refractivity contribution in [2.24, 2.45) is 0 Å². The maximum atomic E-state index is 4.67. The minimum Gasteiger partial charge on any atom is -0.353 e. The summed E-state index contributed by atoms with van der Waals surface area (Å²) in [6.07, 6.45) is 1.62. The Bertz CT molecular complexity index is 1170. The molecule has 4 aromatic rings. The van der Waals surface area contributed by atoms with E-state index in [2.05, 4.69) is 46.2 Å². The number of hydrogen-bond donors (Lipinski definition) is 0. The van der Waals surface area contributed by atoms with Gasteiger partial charge in [0.15, 0.2) is 11.5 Å². The van der Waals surface area contributed by atoms with Gasteiger partial charge in [-0.05, 0) is 39.0 Å². The average molecular weight is 390 g/mol. The number of nitrogens with zero attached hydrogens (tertiary/aromatic N) is 10. The molecular formula is C19H22N10. The van der Waals surface area contributed by atoms with Crippen molar-refractivity contribution in [3.05, 3.63) is 47.8 Å². The highest BCUT2D eigenvalue weighted by Gasteiger charge is 2.21. The number of piperazine rings is 1. The molecule has 0 bridgehead atoms. The van der Waals surface area contributed by atoms with Gasteiger partial charge < -0.3 is 9.80 Å². The highest BCUT2D eigenvalue weighted by molar-refractivity contribution is 5.49. The van der Waals surface area contributed by atoms with Crippen LogP contribution in [0, 0.1) is 20.8 Å². The highest BCUT2D eigenvalue weighted by atomic mass is 15.4. The fraction of sp³-hybridized carbons (Fsp3) is 0.368. The van der Waals surface area contributed by atoms with Crippen molar-refractivity contribution in [2.45, 2.75) is 20.8 Å². The summed E-state index contributed by atoms with van der Waals surface area (Å²) in [4.78, 5) is 13.8. The third-order valence-electron chi connectivity index (χ3n) is 5.11. The van der Waals surface area contributed by atoms with Gasteiger partial charge in [0.1, 0.15) is 23.8 Å². The Balaban J connectivity index is 1.36. The smallest absolute Gasteiger partial charge is 0.177 e.